The summed E-state index contributed by atoms with van der Waals surface area (Å²) >= 11 is 0. The van der Waals surface area contributed by atoms with Gasteiger partial charge < -0.3 is 0 Å². The summed E-state index contributed by atoms with van der Waals surface area (Å²) in [4.78, 5) is 0. The Morgan fingerprint density at radius 1 is 0.913 bits per heavy atom. The highest BCUT2D eigenvalue weighted by atomic mass is 14.3. The zero-order valence-corrected chi connectivity index (χ0v) is 14.9. The number of unbranched alkanes of at least 4 members (excludes halogenated alkanes) is 1. The van der Waals surface area contributed by atoms with Crippen molar-refractivity contribution in [3.8, 4) is 11.1 Å². The van der Waals surface area contributed by atoms with Crippen LogP contribution >= 0.6 is 0 Å². The molecule has 0 atom stereocenters. The van der Waals surface area contributed by atoms with Crippen LogP contribution < -0.4 is 0 Å². The minimum atomic E-state index is 0.248. The molecule has 0 N–H and O–H groups in total. The molecule has 2 aromatic carbocycles. The standard InChI is InChI=1S/C23H28/c1-5-6-10-17-11-7-8-13-20(17)21-14-9-12-18-15-19(16-22(18)21)23(2,3)4/h7-9,11-14,16H,5-6,10,15H2,1-4H3. The molecule has 0 saturated heterocycles. The minimum Gasteiger partial charge on any atom is -0.0654 e. The number of rotatable bonds is 4. The Balaban J connectivity index is 2.07. The van der Waals surface area contributed by atoms with Gasteiger partial charge in [-0.2, -0.15) is 0 Å². The molecule has 0 fully saturated rings. The second-order valence-corrected chi connectivity index (χ2v) is 7.74. The minimum absolute atomic E-state index is 0.248. The summed E-state index contributed by atoms with van der Waals surface area (Å²) in [5.41, 5.74) is 9.04. The zero-order valence-electron chi connectivity index (χ0n) is 14.9. The molecule has 3 rings (SSSR count). The monoisotopic (exact) mass is 304 g/mol. The van der Waals surface area contributed by atoms with Gasteiger partial charge in [-0.05, 0) is 52.5 Å². The molecule has 0 radical (unpaired) electrons. The first kappa shape index (κ1) is 16.1. The van der Waals surface area contributed by atoms with E-state index in [-0.39, 0.29) is 5.41 Å². The molecule has 0 amide bonds. The molecule has 0 spiro atoms. The van der Waals surface area contributed by atoms with Gasteiger partial charge in [0.05, 0.1) is 0 Å². The van der Waals surface area contributed by atoms with Crippen LogP contribution in [0.4, 0.5) is 0 Å². The fourth-order valence-electron chi connectivity index (χ4n) is 3.45. The highest BCUT2D eigenvalue weighted by Gasteiger charge is 2.24. The zero-order chi connectivity index (χ0) is 16.4. The maximum absolute atomic E-state index is 2.45. The first-order valence-corrected chi connectivity index (χ1v) is 8.92. The van der Waals surface area contributed by atoms with E-state index in [0.717, 1.165) is 6.42 Å². The van der Waals surface area contributed by atoms with Gasteiger partial charge in [-0.25, -0.2) is 0 Å². The Labute approximate surface area is 141 Å². The van der Waals surface area contributed by atoms with Crippen molar-refractivity contribution in [1.82, 2.24) is 0 Å². The van der Waals surface area contributed by atoms with Crippen molar-refractivity contribution in [3.63, 3.8) is 0 Å². The molecule has 1 aliphatic carbocycles. The Kier molecular flexibility index (Phi) is 4.43. The van der Waals surface area contributed by atoms with Crippen LogP contribution in [-0.2, 0) is 12.8 Å². The third-order valence-corrected chi connectivity index (χ3v) is 4.97. The summed E-state index contributed by atoms with van der Waals surface area (Å²) in [5.74, 6) is 0. The lowest BCUT2D eigenvalue weighted by atomic mass is 9.85. The molecule has 0 saturated carbocycles. The van der Waals surface area contributed by atoms with Crippen molar-refractivity contribution in [3.05, 3.63) is 64.7 Å². The third kappa shape index (κ3) is 3.27. The fraction of sp³-hybridized carbons (Fsp3) is 0.391. The van der Waals surface area contributed by atoms with Crippen molar-refractivity contribution in [2.75, 3.05) is 0 Å². The predicted molar refractivity (Wildman–Crippen MR) is 102 cm³/mol. The van der Waals surface area contributed by atoms with Gasteiger partial charge in [0.2, 0.25) is 0 Å². The quantitative estimate of drug-likeness (QED) is 0.591. The molecule has 120 valence electrons. The molecule has 0 heteroatoms. The maximum Gasteiger partial charge on any atom is -0.00523 e. The molecule has 0 unspecified atom stereocenters. The molecule has 0 aromatic heterocycles. The highest BCUT2D eigenvalue weighted by molar-refractivity contribution is 5.82. The van der Waals surface area contributed by atoms with Crippen LogP contribution in [0.5, 0.6) is 0 Å². The molecule has 0 aliphatic heterocycles. The smallest absolute Gasteiger partial charge is 0.00523 e. The first-order chi connectivity index (χ1) is 11.0. The van der Waals surface area contributed by atoms with Crippen LogP contribution in [0.15, 0.2) is 48.0 Å². The number of benzene rings is 2. The van der Waals surface area contributed by atoms with Gasteiger partial charge >= 0.3 is 0 Å². The number of aryl methyl sites for hydroxylation is 1. The lowest BCUT2D eigenvalue weighted by Crippen LogP contribution is -2.08. The maximum atomic E-state index is 2.45. The van der Waals surface area contributed by atoms with Gasteiger partial charge in [0.1, 0.15) is 0 Å². The Hall–Kier alpha value is -1.82. The topological polar surface area (TPSA) is 0 Å². The molecule has 0 heterocycles. The summed E-state index contributed by atoms with van der Waals surface area (Å²) in [5, 5.41) is 0. The van der Waals surface area contributed by atoms with Crippen LogP contribution in [0, 0.1) is 5.41 Å². The summed E-state index contributed by atoms with van der Waals surface area (Å²) in [6.45, 7) is 9.22. The van der Waals surface area contributed by atoms with Gasteiger partial charge in [-0.1, -0.05) is 88.2 Å². The Morgan fingerprint density at radius 3 is 2.39 bits per heavy atom. The average Bonchev–Trinajstić information content (AvgIpc) is 2.97. The molecule has 0 nitrogen and oxygen atoms in total. The first-order valence-electron chi connectivity index (χ1n) is 8.92. The number of hydrogen-bond donors (Lipinski definition) is 0. The molecular weight excluding hydrogens is 276 g/mol. The van der Waals surface area contributed by atoms with Crippen molar-refractivity contribution in [2.45, 2.75) is 53.4 Å². The van der Waals surface area contributed by atoms with Gasteiger partial charge in [0.15, 0.2) is 0 Å². The van der Waals surface area contributed by atoms with Crippen molar-refractivity contribution in [2.24, 2.45) is 5.41 Å². The average molecular weight is 304 g/mol. The van der Waals surface area contributed by atoms with E-state index < -0.39 is 0 Å². The van der Waals surface area contributed by atoms with Gasteiger partial charge in [0, 0.05) is 0 Å². The van der Waals surface area contributed by atoms with E-state index in [4.69, 9.17) is 0 Å². The van der Waals surface area contributed by atoms with E-state index in [0.29, 0.717) is 0 Å². The van der Waals surface area contributed by atoms with Crippen molar-refractivity contribution in [1.29, 1.82) is 0 Å². The van der Waals surface area contributed by atoms with Gasteiger partial charge in [-0.3, -0.25) is 0 Å². The number of hydrogen-bond acceptors (Lipinski definition) is 0. The predicted octanol–water partition coefficient (Wildman–Crippen LogP) is 6.68. The van der Waals surface area contributed by atoms with E-state index in [1.165, 1.54) is 47.1 Å². The lowest BCUT2D eigenvalue weighted by molar-refractivity contribution is 0.498. The van der Waals surface area contributed by atoms with E-state index >= 15 is 0 Å². The number of fused-ring (bicyclic) bond motifs is 1. The van der Waals surface area contributed by atoms with E-state index in [1.54, 1.807) is 5.57 Å². The molecular formula is C23H28. The normalized spacial score (nSPS) is 13.8. The van der Waals surface area contributed by atoms with Gasteiger partial charge in [0.25, 0.3) is 0 Å². The third-order valence-electron chi connectivity index (χ3n) is 4.97. The van der Waals surface area contributed by atoms with Crippen LogP contribution in [0.1, 0.15) is 57.2 Å². The fourth-order valence-corrected chi connectivity index (χ4v) is 3.45. The van der Waals surface area contributed by atoms with Crippen LogP contribution in [0.3, 0.4) is 0 Å². The van der Waals surface area contributed by atoms with Crippen LogP contribution in [0.25, 0.3) is 17.2 Å². The highest BCUT2D eigenvalue weighted by Crippen LogP contribution is 2.41. The summed E-state index contributed by atoms with van der Waals surface area (Å²) < 4.78 is 0. The second-order valence-electron chi connectivity index (χ2n) is 7.74. The number of allylic oxidation sites excluding steroid dienone is 1. The van der Waals surface area contributed by atoms with Crippen LogP contribution in [0.2, 0.25) is 0 Å². The lowest BCUT2D eigenvalue weighted by Gasteiger charge is -2.19. The summed E-state index contributed by atoms with van der Waals surface area (Å²) in [6, 6.07) is 15.8. The van der Waals surface area contributed by atoms with E-state index in [9.17, 15) is 0 Å². The van der Waals surface area contributed by atoms with Crippen molar-refractivity contribution < 1.29 is 0 Å². The second kappa shape index (κ2) is 6.35. The van der Waals surface area contributed by atoms with E-state index in [1.807, 2.05) is 0 Å². The van der Waals surface area contributed by atoms with Crippen molar-refractivity contribution >= 4 is 6.08 Å². The molecule has 1 aliphatic rings. The Morgan fingerprint density at radius 2 is 1.65 bits per heavy atom. The van der Waals surface area contributed by atoms with E-state index in [2.05, 4.69) is 76.2 Å². The van der Waals surface area contributed by atoms with Crippen LogP contribution in [-0.4, -0.2) is 0 Å². The SMILES string of the molecule is CCCCc1ccccc1-c1cccc2c1C=C(C(C)(C)C)C2. The molecule has 23 heavy (non-hydrogen) atoms. The largest absolute Gasteiger partial charge is 0.0654 e. The van der Waals surface area contributed by atoms with Gasteiger partial charge in [-0.15, -0.1) is 0 Å². The Bertz CT molecular complexity index is 726. The molecule has 2 aromatic rings. The summed E-state index contributed by atoms with van der Waals surface area (Å²) in [7, 11) is 0. The molecule has 0 bridgehead atoms. The summed E-state index contributed by atoms with van der Waals surface area (Å²) in [6.07, 6.45) is 7.22.